The van der Waals surface area contributed by atoms with Crippen LogP contribution in [0.4, 0.5) is 30.4 Å². The third-order valence-electron chi connectivity index (χ3n) is 7.16. The number of nitrogens with one attached hydrogen (secondary N) is 2. The van der Waals surface area contributed by atoms with E-state index in [1.54, 1.807) is 6.33 Å². The Balaban J connectivity index is 1.24. The number of benzene rings is 1. The molecule has 192 valence electrons. The summed E-state index contributed by atoms with van der Waals surface area (Å²) in [4.78, 5) is 29.1. The Morgan fingerprint density at radius 1 is 1.06 bits per heavy atom. The van der Waals surface area contributed by atoms with Gasteiger partial charge in [0.2, 0.25) is 0 Å². The number of Topliss-reactive ketones (excluding diaryl/α,β-unsaturated/α-hetero) is 1. The molecule has 2 aliphatic heterocycles. The summed E-state index contributed by atoms with van der Waals surface area (Å²) in [6, 6.07) is 5.75. The molecule has 1 atom stereocenters. The van der Waals surface area contributed by atoms with Crippen molar-refractivity contribution in [3.05, 3.63) is 42.4 Å². The highest BCUT2D eigenvalue weighted by atomic mass is 19.4. The number of piperidine rings is 2. The molecule has 0 radical (unpaired) electrons. The van der Waals surface area contributed by atoms with E-state index in [1.165, 1.54) is 6.07 Å². The van der Waals surface area contributed by atoms with Crippen LogP contribution in [-0.2, 0) is 11.0 Å². The number of alkyl halides is 3. The third kappa shape index (κ3) is 5.42. The average molecular weight is 501 g/mol. The van der Waals surface area contributed by atoms with Crippen LogP contribution < -0.4 is 15.1 Å². The number of ketones is 1. The molecule has 7 nitrogen and oxygen atoms in total. The van der Waals surface area contributed by atoms with Crippen molar-refractivity contribution in [2.24, 2.45) is 5.92 Å². The maximum Gasteiger partial charge on any atom is 0.416 e. The lowest BCUT2D eigenvalue weighted by Crippen LogP contribution is -2.37. The number of halogens is 3. The van der Waals surface area contributed by atoms with Gasteiger partial charge in [0, 0.05) is 38.8 Å². The van der Waals surface area contributed by atoms with Gasteiger partial charge in [-0.2, -0.15) is 13.2 Å². The molecule has 0 saturated carbocycles. The normalized spacial score (nSPS) is 19.0. The van der Waals surface area contributed by atoms with Gasteiger partial charge in [-0.1, -0.05) is 0 Å². The third-order valence-corrected chi connectivity index (χ3v) is 7.16. The zero-order valence-electron chi connectivity index (χ0n) is 20.2. The summed E-state index contributed by atoms with van der Waals surface area (Å²) in [6.45, 7) is 3.20. The number of aromatic amines is 1. The number of nitrogens with zero attached hydrogens (tertiary/aromatic N) is 4. The van der Waals surface area contributed by atoms with Crippen molar-refractivity contribution in [1.82, 2.24) is 15.0 Å². The highest BCUT2D eigenvalue weighted by Gasteiger charge is 2.32. The molecule has 0 unspecified atom stereocenters. The number of hydrogen-bond donors (Lipinski definition) is 2. The van der Waals surface area contributed by atoms with Gasteiger partial charge in [0.05, 0.1) is 28.9 Å². The molecular weight excluding hydrogens is 469 g/mol. The lowest BCUT2D eigenvalue weighted by molar-refractivity contribution is -0.137. The number of fused-ring (bicyclic) bond motifs is 1. The summed E-state index contributed by atoms with van der Waals surface area (Å²) >= 11 is 0. The standard InChI is InChI=1S/C26H31F3N6O/c27-26(28,29)19-6-7-23(34-10-2-1-3-11-34)22(14-19)31-15-20(36)13-18-5-4-12-35(16-18)25-21-8-9-30-24(21)32-17-33-25/h6-9,14,17-18,31H,1-5,10-13,15-16H2,(H,30,32,33)/t18-/m0/s1. The minimum absolute atomic E-state index is 0.00154. The first-order valence-electron chi connectivity index (χ1n) is 12.6. The van der Waals surface area contributed by atoms with E-state index in [-0.39, 0.29) is 18.2 Å². The monoisotopic (exact) mass is 500 g/mol. The molecule has 36 heavy (non-hydrogen) atoms. The Kier molecular flexibility index (Phi) is 7.02. The predicted molar refractivity (Wildman–Crippen MR) is 134 cm³/mol. The molecule has 0 bridgehead atoms. The van der Waals surface area contributed by atoms with E-state index in [0.29, 0.717) is 18.7 Å². The average Bonchev–Trinajstić information content (AvgIpc) is 3.37. The van der Waals surface area contributed by atoms with Crippen molar-refractivity contribution in [2.75, 3.05) is 47.8 Å². The Labute approximate surface area is 208 Å². The van der Waals surface area contributed by atoms with E-state index in [4.69, 9.17) is 0 Å². The van der Waals surface area contributed by atoms with Gasteiger partial charge in [0.1, 0.15) is 17.8 Å². The summed E-state index contributed by atoms with van der Waals surface area (Å²) in [5, 5.41) is 4.01. The first kappa shape index (κ1) is 24.4. The molecular formula is C26H31F3N6O. The van der Waals surface area contributed by atoms with Gasteiger partial charge in [0.25, 0.3) is 0 Å². The van der Waals surface area contributed by atoms with Crippen LogP contribution in [-0.4, -0.2) is 53.5 Å². The van der Waals surface area contributed by atoms with Crippen LogP contribution in [0.3, 0.4) is 0 Å². The van der Waals surface area contributed by atoms with Gasteiger partial charge < -0.3 is 20.1 Å². The molecule has 2 aromatic heterocycles. The minimum Gasteiger partial charge on any atom is -0.376 e. The van der Waals surface area contributed by atoms with Crippen molar-refractivity contribution in [1.29, 1.82) is 0 Å². The van der Waals surface area contributed by atoms with Crippen LogP contribution in [0.5, 0.6) is 0 Å². The quantitative estimate of drug-likeness (QED) is 0.461. The minimum atomic E-state index is -4.43. The molecule has 0 aliphatic carbocycles. The van der Waals surface area contributed by atoms with E-state index in [0.717, 1.165) is 86.4 Å². The first-order chi connectivity index (χ1) is 17.4. The molecule has 0 amide bonds. The molecule has 4 heterocycles. The second-order valence-corrected chi connectivity index (χ2v) is 9.77. The topological polar surface area (TPSA) is 77.2 Å². The van der Waals surface area contributed by atoms with E-state index in [1.807, 2.05) is 12.3 Å². The molecule has 2 fully saturated rings. The summed E-state index contributed by atoms with van der Waals surface area (Å²) in [7, 11) is 0. The molecule has 2 saturated heterocycles. The fraction of sp³-hybridized carbons (Fsp3) is 0.500. The second-order valence-electron chi connectivity index (χ2n) is 9.77. The van der Waals surface area contributed by atoms with E-state index in [9.17, 15) is 18.0 Å². The van der Waals surface area contributed by atoms with Gasteiger partial charge in [-0.05, 0) is 62.3 Å². The Bertz CT molecular complexity index is 1200. The molecule has 2 N–H and O–H groups in total. The van der Waals surface area contributed by atoms with Crippen molar-refractivity contribution >= 4 is 34.0 Å². The molecule has 10 heteroatoms. The largest absolute Gasteiger partial charge is 0.416 e. The summed E-state index contributed by atoms with van der Waals surface area (Å²) in [5.41, 5.74) is 1.19. The molecule has 3 aromatic rings. The van der Waals surface area contributed by atoms with Gasteiger partial charge in [-0.15, -0.1) is 0 Å². The summed E-state index contributed by atoms with van der Waals surface area (Å²) in [6.07, 6.45) is 4.37. The van der Waals surface area contributed by atoms with Gasteiger partial charge in [-0.3, -0.25) is 4.79 Å². The Morgan fingerprint density at radius 3 is 2.67 bits per heavy atom. The number of carbonyl (C=O) groups is 1. The number of H-pyrrole nitrogens is 1. The molecule has 0 spiro atoms. The maximum absolute atomic E-state index is 13.4. The van der Waals surface area contributed by atoms with Crippen molar-refractivity contribution in [3.8, 4) is 0 Å². The number of rotatable bonds is 7. The lowest BCUT2D eigenvalue weighted by atomic mass is 9.92. The smallest absolute Gasteiger partial charge is 0.376 e. The van der Waals surface area contributed by atoms with Crippen molar-refractivity contribution in [2.45, 2.75) is 44.7 Å². The molecule has 1 aromatic carbocycles. The number of aromatic nitrogens is 3. The van der Waals surface area contributed by atoms with Crippen LogP contribution in [0.15, 0.2) is 36.8 Å². The zero-order chi connectivity index (χ0) is 25.1. The predicted octanol–water partition coefficient (Wildman–Crippen LogP) is 5.25. The Hall–Kier alpha value is -3.30. The van der Waals surface area contributed by atoms with E-state index in [2.05, 4.69) is 30.1 Å². The van der Waals surface area contributed by atoms with Gasteiger partial charge in [-0.25, -0.2) is 9.97 Å². The highest BCUT2D eigenvalue weighted by Crippen LogP contribution is 2.36. The van der Waals surface area contributed by atoms with Crippen LogP contribution >= 0.6 is 0 Å². The summed E-state index contributed by atoms with van der Waals surface area (Å²) in [5.74, 6) is 1.03. The maximum atomic E-state index is 13.4. The van der Waals surface area contributed by atoms with Crippen LogP contribution in [0.25, 0.3) is 11.0 Å². The van der Waals surface area contributed by atoms with Crippen LogP contribution in [0, 0.1) is 5.92 Å². The Morgan fingerprint density at radius 2 is 1.86 bits per heavy atom. The van der Waals surface area contributed by atoms with E-state index < -0.39 is 11.7 Å². The number of hydrogen-bond acceptors (Lipinski definition) is 6. The van der Waals surface area contributed by atoms with Crippen molar-refractivity contribution in [3.63, 3.8) is 0 Å². The second kappa shape index (κ2) is 10.4. The first-order valence-corrected chi connectivity index (χ1v) is 12.6. The van der Waals surface area contributed by atoms with Gasteiger partial charge >= 0.3 is 6.18 Å². The van der Waals surface area contributed by atoms with Crippen LogP contribution in [0.2, 0.25) is 0 Å². The highest BCUT2D eigenvalue weighted by molar-refractivity contribution is 5.87. The molecule has 5 rings (SSSR count). The fourth-order valence-corrected chi connectivity index (χ4v) is 5.39. The molecule has 2 aliphatic rings. The fourth-order valence-electron chi connectivity index (χ4n) is 5.39. The van der Waals surface area contributed by atoms with Gasteiger partial charge in [0.15, 0.2) is 5.78 Å². The summed E-state index contributed by atoms with van der Waals surface area (Å²) < 4.78 is 40.1. The lowest BCUT2D eigenvalue weighted by Gasteiger charge is -2.33. The van der Waals surface area contributed by atoms with Crippen molar-refractivity contribution < 1.29 is 18.0 Å². The SMILES string of the molecule is O=C(CNc1cc(C(F)(F)F)ccc1N1CCCCC1)C[C@@H]1CCCN(c2ncnc3[nH]ccc23)C1. The zero-order valence-corrected chi connectivity index (χ0v) is 20.2. The number of anilines is 3. The number of carbonyl (C=O) groups excluding carboxylic acids is 1. The van der Waals surface area contributed by atoms with E-state index >= 15 is 0 Å². The van der Waals surface area contributed by atoms with Crippen LogP contribution in [0.1, 0.15) is 44.1 Å².